The minimum atomic E-state index is -5.16. The number of aryl methyl sites for hydroxylation is 4. The summed E-state index contributed by atoms with van der Waals surface area (Å²) in [7, 11) is -24.9. The quantitative estimate of drug-likeness (QED) is 0.0268. The number of azo groups is 4. The van der Waals surface area contributed by atoms with Crippen LogP contribution in [0.1, 0.15) is 22.3 Å². The molecular weight excluding hydrogens is 1130 g/mol. The summed E-state index contributed by atoms with van der Waals surface area (Å²) >= 11 is 0. The molecule has 0 aliphatic rings. The molecule has 31 heteroatoms. The van der Waals surface area contributed by atoms with E-state index in [2.05, 4.69) is 46.2 Å². The summed E-state index contributed by atoms with van der Waals surface area (Å²) in [6.45, 7) is 6.79. The Morgan fingerprint density at radius 1 is 0.380 bits per heavy atom. The number of hydrogen-bond donors (Lipinski definition) is 8. The smallest absolute Gasteiger partial charge is 0.296 e. The third kappa shape index (κ3) is 12.8. The van der Waals surface area contributed by atoms with Crippen LogP contribution in [-0.2, 0) is 50.6 Å². The molecule has 0 fully saturated rings. The SMILES string of the molecule is Cc1cc(N=Nc2cc(C)c(N=Nc3c(S(=O)(=O)O)cc4cc(Nc5ccc(N)c(S(=O)(=O)O)c5)ccc4c3O)cc2C)ccc1N=Nc1ccc(N=Nc2cc3c(S(=O)(=O)O)cc(S(=O)(=O)O)cc3cc2S(=O)(=O)O)c(C)c1. The molecule has 0 saturated heterocycles. The van der Waals surface area contributed by atoms with Gasteiger partial charge in [-0.3, -0.25) is 22.8 Å². The summed E-state index contributed by atoms with van der Waals surface area (Å²) in [6, 6.07) is 24.8. The maximum Gasteiger partial charge on any atom is 0.296 e. The largest absolute Gasteiger partial charge is 0.505 e. The van der Waals surface area contributed by atoms with Crippen molar-refractivity contribution in [2.24, 2.45) is 40.9 Å². The second-order valence-corrected chi connectivity index (χ2v) is 24.4. The molecule has 0 amide bonds. The van der Waals surface area contributed by atoms with Gasteiger partial charge in [-0.1, -0.05) is 0 Å². The van der Waals surface area contributed by atoms with Crippen LogP contribution in [0.5, 0.6) is 5.75 Å². The van der Waals surface area contributed by atoms with Crippen LogP contribution in [0.3, 0.4) is 0 Å². The van der Waals surface area contributed by atoms with Crippen molar-refractivity contribution in [2.75, 3.05) is 11.1 Å². The lowest BCUT2D eigenvalue weighted by Crippen LogP contribution is -2.05. The molecule has 8 rings (SSSR count). The van der Waals surface area contributed by atoms with Gasteiger partial charge in [0, 0.05) is 22.1 Å². The average Bonchev–Trinajstić information content (AvgIpc) is 3.44. The minimum absolute atomic E-state index is 0.127. The molecule has 0 heterocycles. The van der Waals surface area contributed by atoms with Gasteiger partial charge < -0.3 is 16.2 Å². The van der Waals surface area contributed by atoms with Gasteiger partial charge in [-0.25, -0.2) is 0 Å². The van der Waals surface area contributed by atoms with Gasteiger partial charge in [-0.05, 0) is 176 Å². The van der Waals surface area contributed by atoms with Crippen LogP contribution in [0.15, 0.2) is 181 Å². The molecule has 408 valence electrons. The van der Waals surface area contributed by atoms with Gasteiger partial charge >= 0.3 is 0 Å². The zero-order valence-corrected chi connectivity index (χ0v) is 45.0. The number of aromatic hydroxyl groups is 1. The normalized spacial score (nSPS) is 13.0. The third-order valence-corrected chi connectivity index (χ3v) is 16.1. The van der Waals surface area contributed by atoms with Crippen molar-refractivity contribution in [3.05, 3.63) is 138 Å². The van der Waals surface area contributed by atoms with Crippen molar-refractivity contribution in [2.45, 2.75) is 52.2 Å². The van der Waals surface area contributed by atoms with E-state index < -0.39 is 103 Å². The van der Waals surface area contributed by atoms with Crippen LogP contribution in [0.4, 0.5) is 62.6 Å². The van der Waals surface area contributed by atoms with Crippen molar-refractivity contribution in [3.8, 4) is 5.75 Å². The Balaban J connectivity index is 0.975. The molecule has 8 aromatic carbocycles. The predicted molar refractivity (Wildman–Crippen MR) is 288 cm³/mol. The standard InChI is InChI=1S/C48H40N10O16S5/c1-24-13-33(7-11-38(24)53-51-32-8-12-39(25(2)14-32)54-57-42-23-36-29(19-45(42)78(69,70)71)18-34(75(60,61)62)22-43(36)76(63,64)65)52-55-40-15-27(4)41(16-26(40)3)56-58-47-46(79(72,73)74)20-28-17-30(5-9-35(28)48(47)59)50-31-6-10-37(49)44(21-31)77(66,67)68/h5-23,50,59H,49H2,1-4H3,(H,60,61,62)(H,63,64,65)(H,66,67,68)(H,69,70,71)(H,72,73,74). The number of benzene rings is 8. The Hall–Kier alpha value is -8.37. The number of nitrogens with two attached hydrogens (primary N) is 1. The molecule has 0 bridgehead atoms. The molecule has 0 aromatic heterocycles. The summed E-state index contributed by atoms with van der Waals surface area (Å²) in [6.07, 6.45) is 0. The van der Waals surface area contributed by atoms with E-state index in [4.69, 9.17) is 5.73 Å². The van der Waals surface area contributed by atoms with Gasteiger partial charge in [0.25, 0.3) is 50.6 Å². The molecule has 79 heavy (non-hydrogen) atoms. The van der Waals surface area contributed by atoms with Crippen LogP contribution in [0.2, 0.25) is 0 Å². The molecule has 9 N–H and O–H groups in total. The van der Waals surface area contributed by atoms with Gasteiger partial charge in [0.2, 0.25) is 0 Å². The lowest BCUT2D eigenvalue weighted by Gasteiger charge is -2.12. The molecule has 0 saturated carbocycles. The van der Waals surface area contributed by atoms with Crippen molar-refractivity contribution in [1.29, 1.82) is 0 Å². The summed E-state index contributed by atoms with van der Waals surface area (Å²) in [4.78, 5) is -4.18. The Morgan fingerprint density at radius 3 is 1.37 bits per heavy atom. The molecule has 0 aliphatic carbocycles. The molecule has 0 radical (unpaired) electrons. The van der Waals surface area contributed by atoms with Crippen LogP contribution in [0.25, 0.3) is 21.5 Å². The zero-order valence-electron chi connectivity index (χ0n) is 40.9. The van der Waals surface area contributed by atoms with E-state index >= 15 is 0 Å². The number of phenols is 1. The Morgan fingerprint density at radius 2 is 0.835 bits per heavy atom. The van der Waals surface area contributed by atoms with Crippen molar-refractivity contribution in [1.82, 2.24) is 0 Å². The van der Waals surface area contributed by atoms with Crippen molar-refractivity contribution >= 4 is 135 Å². The topological polar surface area (TPSA) is 429 Å². The second kappa shape index (κ2) is 21.1. The Labute approximate surface area is 449 Å². The molecule has 0 atom stereocenters. The van der Waals surface area contributed by atoms with E-state index in [0.29, 0.717) is 62.8 Å². The molecule has 0 spiro atoms. The summed E-state index contributed by atoms with van der Waals surface area (Å²) < 4.78 is 170. The number of rotatable bonds is 15. The number of fused-ring (bicyclic) bond motifs is 2. The van der Waals surface area contributed by atoms with E-state index in [1.54, 1.807) is 64.1 Å². The van der Waals surface area contributed by atoms with Gasteiger partial charge in [-0.2, -0.15) is 72.8 Å². The number of nitrogen functional groups attached to an aromatic ring is 1. The molecule has 26 nitrogen and oxygen atoms in total. The fourth-order valence-corrected chi connectivity index (χ4v) is 11.0. The van der Waals surface area contributed by atoms with Crippen molar-refractivity contribution in [3.63, 3.8) is 0 Å². The predicted octanol–water partition coefficient (Wildman–Crippen LogP) is 12.2. The van der Waals surface area contributed by atoms with Gasteiger partial charge in [0.05, 0.1) is 44.7 Å². The van der Waals surface area contributed by atoms with E-state index in [1.165, 1.54) is 42.5 Å². The van der Waals surface area contributed by atoms with Gasteiger partial charge in [0.15, 0.2) is 5.75 Å². The van der Waals surface area contributed by atoms with Crippen LogP contribution >= 0.6 is 0 Å². The van der Waals surface area contributed by atoms with Crippen LogP contribution < -0.4 is 11.1 Å². The fourth-order valence-electron chi connectivity index (χ4n) is 7.75. The summed E-state index contributed by atoms with van der Waals surface area (Å²) in [5, 5.41) is 47.2. The highest BCUT2D eigenvalue weighted by Crippen LogP contribution is 2.44. The van der Waals surface area contributed by atoms with Crippen LogP contribution in [0, 0.1) is 27.7 Å². The number of nitrogens with zero attached hydrogens (tertiary/aromatic N) is 8. The van der Waals surface area contributed by atoms with Gasteiger partial charge in [-0.15, -0.1) is 10.2 Å². The number of hydrogen-bond acceptors (Lipinski definition) is 21. The van der Waals surface area contributed by atoms with E-state index in [-0.39, 0.29) is 33.5 Å². The Kier molecular flexibility index (Phi) is 15.2. The Bertz CT molecular complexity index is 4630. The van der Waals surface area contributed by atoms with E-state index in [0.717, 1.165) is 24.3 Å². The molecular formula is C48H40N10O16S5. The first-order valence-corrected chi connectivity index (χ1v) is 29.4. The molecule has 8 aromatic rings. The first-order valence-electron chi connectivity index (χ1n) is 22.2. The van der Waals surface area contributed by atoms with E-state index in [9.17, 15) is 70.0 Å². The molecule has 0 unspecified atom stereocenters. The number of anilines is 3. The maximum atomic E-state index is 12.6. The highest BCUT2D eigenvalue weighted by Gasteiger charge is 2.26. The first-order chi connectivity index (χ1) is 36.7. The second-order valence-electron chi connectivity index (χ2n) is 17.4. The monoisotopic (exact) mass is 1170 g/mol. The van der Waals surface area contributed by atoms with Crippen LogP contribution in [-0.4, -0.2) is 70.0 Å². The van der Waals surface area contributed by atoms with E-state index in [1.807, 2.05) is 0 Å². The third-order valence-electron chi connectivity index (χ3n) is 11.7. The average molecular weight is 1170 g/mol. The minimum Gasteiger partial charge on any atom is -0.505 e. The summed E-state index contributed by atoms with van der Waals surface area (Å²) in [5.41, 5.74) is 9.27. The highest BCUT2D eigenvalue weighted by atomic mass is 32.2. The lowest BCUT2D eigenvalue weighted by atomic mass is 10.1. The zero-order chi connectivity index (χ0) is 57.7. The number of phenolic OH excluding ortho intramolecular Hbond substituents is 1. The number of nitrogens with one attached hydrogen (secondary N) is 1. The summed E-state index contributed by atoms with van der Waals surface area (Å²) in [5.74, 6) is -0.618. The maximum absolute atomic E-state index is 12.6. The fraction of sp³-hybridized carbons (Fsp3) is 0.0833. The first kappa shape index (κ1) is 56.8. The highest BCUT2D eigenvalue weighted by molar-refractivity contribution is 7.87. The lowest BCUT2D eigenvalue weighted by molar-refractivity contribution is 0.472. The van der Waals surface area contributed by atoms with Crippen molar-refractivity contribution < 1.29 is 70.0 Å². The van der Waals surface area contributed by atoms with Gasteiger partial charge in [0.1, 0.15) is 31.0 Å². The molecule has 0 aliphatic heterocycles.